The molecule has 1 aliphatic heterocycles. The van der Waals surface area contributed by atoms with Crippen molar-refractivity contribution in [3.63, 3.8) is 0 Å². The van der Waals surface area contributed by atoms with E-state index in [-0.39, 0.29) is 11.3 Å². The van der Waals surface area contributed by atoms with Gasteiger partial charge in [0.15, 0.2) is 0 Å². The molecule has 33 heavy (non-hydrogen) atoms. The number of nitrogens with one attached hydrogen (secondary N) is 2. The summed E-state index contributed by atoms with van der Waals surface area (Å²) < 4.78 is 5.46. The first kappa shape index (κ1) is 22.9. The minimum Gasteiger partial charge on any atom is -0.379 e. The van der Waals surface area contributed by atoms with Gasteiger partial charge in [0.1, 0.15) is 5.82 Å². The summed E-state index contributed by atoms with van der Waals surface area (Å²) in [6, 6.07) is 15.5. The van der Waals surface area contributed by atoms with Crippen molar-refractivity contribution in [1.29, 1.82) is 0 Å². The van der Waals surface area contributed by atoms with Crippen LogP contribution < -0.4 is 10.6 Å². The van der Waals surface area contributed by atoms with Crippen molar-refractivity contribution in [3.05, 3.63) is 83.8 Å². The summed E-state index contributed by atoms with van der Waals surface area (Å²) in [5.41, 5.74) is 3.58. The van der Waals surface area contributed by atoms with E-state index in [1.165, 1.54) is 5.56 Å². The van der Waals surface area contributed by atoms with E-state index in [0.717, 1.165) is 44.1 Å². The Balaban J connectivity index is 1.39. The predicted molar refractivity (Wildman–Crippen MR) is 130 cm³/mol. The highest BCUT2D eigenvalue weighted by Gasteiger charge is 2.25. The summed E-state index contributed by atoms with van der Waals surface area (Å²) in [6.45, 7) is 9.60. The number of hydrogen-bond acceptors (Lipinski definition) is 6. The van der Waals surface area contributed by atoms with Crippen molar-refractivity contribution in [2.24, 2.45) is 0 Å². The number of pyridine rings is 2. The Bertz CT molecular complexity index is 1050. The topological polar surface area (TPSA) is 79.4 Å². The van der Waals surface area contributed by atoms with Gasteiger partial charge in [0.05, 0.1) is 18.8 Å². The Morgan fingerprint density at radius 1 is 1.03 bits per heavy atom. The number of carbonyl (C=O) groups is 1. The Hall–Kier alpha value is -3.29. The molecule has 1 aliphatic rings. The van der Waals surface area contributed by atoms with Gasteiger partial charge in [-0.05, 0) is 47.5 Å². The Kier molecular flexibility index (Phi) is 7.32. The van der Waals surface area contributed by atoms with Gasteiger partial charge in [-0.15, -0.1) is 0 Å². The smallest absolute Gasteiger partial charge is 0.259 e. The van der Waals surface area contributed by atoms with Crippen molar-refractivity contribution in [2.45, 2.75) is 25.8 Å². The molecule has 0 radical (unpaired) electrons. The van der Waals surface area contributed by atoms with Gasteiger partial charge < -0.3 is 15.4 Å². The van der Waals surface area contributed by atoms with Crippen molar-refractivity contribution in [1.82, 2.24) is 14.9 Å². The van der Waals surface area contributed by atoms with Gasteiger partial charge in [-0.3, -0.25) is 14.7 Å². The van der Waals surface area contributed by atoms with Gasteiger partial charge in [-0.2, -0.15) is 0 Å². The highest BCUT2D eigenvalue weighted by atomic mass is 16.5. The van der Waals surface area contributed by atoms with Crippen LogP contribution in [0.25, 0.3) is 0 Å². The van der Waals surface area contributed by atoms with Crippen LogP contribution in [0.4, 0.5) is 11.5 Å². The fourth-order valence-electron chi connectivity index (χ4n) is 4.03. The summed E-state index contributed by atoms with van der Waals surface area (Å²) in [7, 11) is 0. The third-order valence-corrected chi connectivity index (χ3v) is 5.91. The zero-order valence-electron chi connectivity index (χ0n) is 19.3. The third-order valence-electron chi connectivity index (χ3n) is 5.91. The normalized spacial score (nSPS) is 14.6. The second kappa shape index (κ2) is 10.6. The first-order chi connectivity index (χ1) is 16.0. The molecule has 1 saturated heterocycles. The number of rotatable bonds is 8. The highest BCUT2D eigenvalue weighted by molar-refractivity contribution is 6.07. The standard InChI is InChI=1S/C26H31N5O2/c1-26(2,19-31-14-16-33-17-15-31)21-5-7-22(8-6-21)30-25(32)23-4-3-11-28-24(23)29-18-20-9-12-27-13-10-20/h3-13H,14-19H2,1-2H3,(H,28,29)(H,30,32). The van der Waals surface area contributed by atoms with Gasteiger partial charge in [0, 0.05) is 55.9 Å². The first-order valence-corrected chi connectivity index (χ1v) is 11.3. The number of nitrogens with zero attached hydrogens (tertiary/aromatic N) is 3. The highest BCUT2D eigenvalue weighted by Crippen LogP contribution is 2.26. The summed E-state index contributed by atoms with van der Waals surface area (Å²) in [5.74, 6) is 0.357. The average Bonchev–Trinajstić information content (AvgIpc) is 2.84. The maximum Gasteiger partial charge on any atom is 0.259 e. The number of morpholine rings is 1. The van der Waals surface area contributed by atoms with E-state index in [1.807, 2.05) is 24.3 Å². The van der Waals surface area contributed by atoms with Gasteiger partial charge in [0.25, 0.3) is 5.91 Å². The molecule has 3 heterocycles. The number of benzene rings is 1. The molecule has 0 bridgehead atoms. The zero-order valence-corrected chi connectivity index (χ0v) is 19.3. The maximum absolute atomic E-state index is 13.0. The Morgan fingerprint density at radius 3 is 2.48 bits per heavy atom. The molecule has 0 saturated carbocycles. The summed E-state index contributed by atoms with van der Waals surface area (Å²) in [4.78, 5) is 23.8. The molecule has 1 fully saturated rings. The van der Waals surface area contributed by atoms with E-state index in [9.17, 15) is 4.79 Å². The van der Waals surface area contributed by atoms with Crippen LogP contribution in [0.5, 0.6) is 0 Å². The molecule has 172 valence electrons. The van der Waals surface area contributed by atoms with Crippen molar-refractivity contribution in [2.75, 3.05) is 43.5 Å². The maximum atomic E-state index is 13.0. The second-order valence-electron chi connectivity index (χ2n) is 8.91. The molecule has 2 aromatic heterocycles. The summed E-state index contributed by atoms with van der Waals surface area (Å²) in [5, 5.41) is 6.25. The lowest BCUT2D eigenvalue weighted by molar-refractivity contribution is 0.0295. The van der Waals surface area contributed by atoms with Gasteiger partial charge in [-0.1, -0.05) is 26.0 Å². The molecular weight excluding hydrogens is 414 g/mol. The van der Waals surface area contributed by atoms with Crippen LogP contribution >= 0.6 is 0 Å². The van der Waals surface area contributed by atoms with E-state index in [2.05, 4.69) is 51.5 Å². The predicted octanol–water partition coefficient (Wildman–Crippen LogP) is 3.95. The minimum atomic E-state index is -0.194. The Morgan fingerprint density at radius 2 is 1.76 bits per heavy atom. The van der Waals surface area contributed by atoms with E-state index < -0.39 is 0 Å². The van der Waals surface area contributed by atoms with Crippen molar-refractivity contribution >= 4 is 17.4 Å². The minimum absolute atomic E-state index is 0.00722. The monoisotopic (exact) mass is 445 g/mol. The zero-order chi connectivity index (χ0) is 23.1. The number of hydrogen-bond donors (Lipinski definition) is 2. The van der Waals surface area contributed by atoms with E-state index in [0.29, 0.717) is 17.9 Å². The van der Waals surface area contributed by atoms with Gasteiger partial charge in [0.2, 0.25) is 0 Å². The number of anilines is 2. The molecular formula is C26H31N5O2. The lowest BCUT2D eigenvalue weighted by Crippen LogP contribution is -2.43. The summed E-state index contributed by atoms with van der Waals surface area (Å²) >= 11 is 0. The van der Waals surface area contributed by atoms with Crippen LogP contribution in [0.1, 0.15) is 35.3 Å². The molecule has 7 heteroatoms. The second-order valence-corrected chi connectivity index (χ2v) is 8.91. The lowest BCUT2D eigenvalue weighted by atomic mass is 9.84. The molecule has 0 spiro atoms. The molecule has 0 unspecified atom stereocenters. The number of ether oxygens (including phenoxy) is 1. The van der Waals surface area contributed by atoms with E-state index >= 15 is 0 Å². The molecule has 0 aliphatic carbocycles. The van der Waals surface area contributed by atoms with Gasteiger partial charge >= 0.3 is 0 Å². The number of aromatic nitrogens is 2. The summed E-state index contributed by atoms with van der Waals surface area (Å²) in [6.07, 6.45) is 5.17. The molecule has 3 aromatic rings. The molecule has 7 nitrogen and oxygen atoms in total. The third kappa shape index (κ3) is 6.15. The molecule has 1 aromatic carbocycles. The van der Waals surface area contributed by atoms with Crippen LogP contribution in [0, 0.1) is 0 Å². The van der Waals surface area contributed by atoms with Crippen LogP contribution in [-0.2, 0) is 16.7 Å². The fraction of sp³-hybridized carbons (Fsp3) is 0.346. The van der Waals surface area contributed by atoms with Crippen molar-refractivity contribution < 1.29 is 9.53 Å². The molecule has 4 rings (SSSR count). The number of amides is 1. The van der Waals surface area contributed by atoms with E-state index in [4.69, 9.17) is 4.74 Å². The number of carbonyl (C=O) groups excluding carboxylic acids is 1. The SMILES string of the molecule is CC(C)(CN1CCOCC1)c1ccc(NC(=O)c2cccnc2NCc2ccncc2)cc1. The largest absolute Gasteiger partial charge is 0.379 e. The molecule has 0 atom stereocenters. The Labute approximate surface area is 195 Å². The quantitative estimate of drug-likeness (QED) is 0.547. The molecule has 2 N–H and O–H groups in total. The average molecular weight is 446 g/mol. The van der Waals surface area contributed by atoms with E-state index in [1.54, 1.807) is 30.7 Å². The lowest BCUT2D eigenvalue weighted by Gasteiger charge is -2.35. The van der Waals surface area contributed by atoms with Gasteiger partial charge in [-0.25, -0.2) is 4.98 Å². The van der Waals surface area contributed by atoms with Crippen LogP contribution in [0.15, 0.2) is 67.1 Å². The first-order valence-electron chi connectivity index (χ1n) is 11.3. The fourth-order valence-corrected chi connectivity index (χ4v) is 4.03. The van der Waals surface area contributed by atoms with Crippen LogP contribution in [-0.4, -0.2) is 53.6 Å². The van der Waals surface area contributed by atoms with Crippen molar-refractivity contribution in [3.8, 4) is 0 Å². The van der Waals surface area contributed by atoms with Crippen LogP contribution in [0.3, 0.4) is 0 Å². The molecule has 1 amide bonds. The van der Waals surface area contributed by atoms with Crippen LogP contribution in [0.2, 0.25) is 0 Å².